The van der Waals surface area contributed by atoms with Crippen molar-refractivity contribution in [1.29, 1.82) is 0 Å². The Balaban J connectivity index is 1.37. The molecule has 1 aliphatic rings. The van der Waals surface area contributed by atoms with Crippen LogP contribution in [0.15, 0.2) is 30.3 Å². The average Bonchev–Trinajstić information content (AvgIpc) is 3.08. The van der Waals surface area contributed by atoms with Crippen molar-refractivity contribution in [3.05, 3.63) is 51.6 Å². The fourth-order valence-electron chi connectivity index (χ4n) is 3.98. The summed E-state index contributed by atoms with van der Waals surface area (Å²) in [7, 11) is 0. The lowest BCUT2D eigenvalue weighted by Gasteiger charge is -2.21. The molecule has 3 aromatic rings. The van der Waals surface area contributed by atoms with Crippen LogP contribution in [0, 0.1) is 6.92 Å². The van der Waals surface area contributed by atoms with E-state index < -0.39 is 0 Å². The molecule has 0 spiro atoms. The van der Waals surface area contributed by atoms with Crippen LogP contribution in [-0.4, -0.2) is 21.9 Å². The third kappa shape index (κ3) is 5.29. The molecule has 1 aromatic carbocycles. The third-order valence-electron chi connectivity index (χ3n) is 5.61. The van der Waals surface area contributed by atoms with E-state index in [4.69, 9.17) is 11.6 Å². The highest BCUT2D eigenvalue weighted by molar-refractivity contribution is 7.18. The summed E-state index contributed by atoms with van der Waals surface area (Å²) in [6.07, 6.45) is 8.48. The van der Waals surface area contributed by atoms with Crippen molar-refractivity contribution in [3.63, 3.8) is 0 Å². The molecule has 0 unspecified atom stereocenters. The Morgan fingerprint density at radius 1 is 1.10 bits per heavy atom. The number of thiophene rings is 1. The van der Waals surface area contributed by atoms with Crippen LogP contribution in [0.2, 0.25) is 5.28 Å². The maximum atomic E-state index is 12.6. The van der Waals surface area contributed by atoms with Gasteiger partial charge in [-0.25, -0.2) is 9.97 Å². The molecule has 2 N–H and O–H groups in total. The maximum Gasteiger partial charge on any atom is 0.251 e. The Morgan fingerprint density at radius 3 is 2.53 bits per heavy atom. The van der Waals surface area contributed by atoms with Gasteiger partial charge in [-0.2, -0.15) is 0 Å². The average molecular weight is 443 g/mol. The fourth-order valence-corrected chi connectivity index (χ4v) is 5.08. The van der Waals surface area contributed by atoms with Crippen molar-refractivity contribution in [3.8, 4) is 0 Å². The first-order chi connectivity index (χ1) is 14.6. The van der Waals surface area contributed by atoms with Gasteiger partial charge in [0, 0.05) is 23.0 Å². The molecule has 2 aromatic heterocycles. The van der Waals surface area contributed by atoms with Gasteiger partial charge in [-0.1, -0.05) is 44.2 Å². The minimum atomic E-state index is 0.0260. The first kappa shape index (κ1) is 21.1. The van der Waals surface area contributed by atoms with E-state index in [0.29, 0.717) is 18.2 Å². The molecule has 0 radical (unpaired) electrons. The highest BCUT2D eigenvalue weighted by Crippen LogP contribution is 2.29. The Kier molecular flexibility index (Phi) is 6.85. The van der Waals surface area contributed by atoms with Crippen molar-refractivity contribution in [2.75, 3.05) is 5.32 Å². The van der Waals surface area contributed by atoms with E-state index in [1.54, 1.807) is 11.3 Å². The Hall–Kier alpha value is -2.18. The van der Waals surface area contributed by atoms with Crippen molar-refractivity contribution >= 4 is 44.9 Å². The van der Waals surface area contributed by atoms with Crippen LogP contribution in [0.5, 0.6) is 0 Å². The van der Waals surface area contributed by atoms with Gasteiger partial charge in [0.25, 0.3) is 5.91 Å². The molecule has 1 fully saturated rings. The summed E-state index contributed by atoms with van der Waals surface area (Å²) in [5, 5.41) is 7.81. The molecule has 30 heavy (non-hydrogen) atoms. The monoisotopic (exact) mass is 442 g/mol. The Bertz CT molecular complexity index is 1010. The highest BCUT2D eigenvalue weighted by atomic mass is 35.5. The summed E-state index contributed by atoms with van der Waals surface area (Å²) >= 11 is 7.67. The number of nitrogens with one attached hydrogen (secondary N) is 2. The normalized spacial score (nSPS) is 15.5. The van der Waals surface area contributed by atoms with E-state index in [2.05, 4.69) is 26.7 Å². The summed E-state index contributed by atoms with van der Waals surface area (Å²) in [5.74, 6) is 0.763. The predicted octanol–water partition coefficient (Wildman–Crippen LogP) is 6.11. The van der Waals surface area contributed by atoms with E-state index in [1.165, 1.54) is 37.0 Å². The molecule has 5 nitrogen and oxygen atoms in total. The van der Waals surface area contributed by atoms with Crippen molar-refractivity contribution in [2.24, 2.45) is 0 Å². The molecule has 2 heterocycles. The number of anilines is 1. The highest BCUT2D eigenvalue weighted by Gasteiger charge is 2.15. The Morgan fingerprint density at radius 2 is 1.80 bits per heavy atom. The SMILES string of the molecule is Cc1cc2c(NCc3ccc(C(=O)NC4CCCCCCC4)cc3)nc(Cl)nc2s1. The zero-order chi connectivity index (χ0) is 20.9. The molecule has 1 saturated carbocycles. The number of hydrogen-bond donors (Lipinski definition) is 2. The van der Waals surface area contributed by atoms with Gasteiger partial charge in [-0.15, -0.1) is 11.3 Å². The molecule has 0 atom stereocenters. The number of carbonyl (C=O) groups is 1. The maximum absolute atomic E-state index is 12.6. The second kappa shape index (κ2) is 9.75. The second-order valence-electron chi connectivity index (χ2n) is 7.98. The van der Waals surface area contributed by atoms with Gasteiger partial charge >= 0.3 is 0 Å². The van der Waals surface area contributed by atoms with Gasteiger partial charge in [-0.05, 0) is 55.1 Å². The van der Waals surface area contributed by atoms with Crippen molar-refractivity contribution < 1.29 is 4.79 Å². The van der Waals surface area contributed by atoms with Crippen molar-refractivity contribution in [1.82, 2.24) is 15.3 Å². The molecule has 7 heteroatoms. The molecule has 158 valence electrons. The zero-order valence-electron chi connectivity index (χ0n) is 17.2. The topological polar surface area (TPSA) is 66.9 Å². The van der Waals surface area contributed by atoms with E-state index in [9.17, 15) is 4.79 Å². The first-order valence-corrected chi connectivity index (χ1v) is 11.9. The molecule has 1 aliphatic carbocycles. The molecule has 1 amide bonds. The van der Waals surface area contributed by atoms with Crippen molar-refractivity contribution in [2.45, 2.75) is 64.5 Å². The first-order valence-electron chi connectivity index (χ1n) is 10.7. The van der Waals surface area contributed by atoms with Crippen LogP contribution in [0.25, 0.3) is 10.2 Å². The lowest BCUT2D eigenvalue weighted by Crippen LogP contribution is -2.35. The van der Waals surface area contributed by atoms with Gasteiger partial charge < -0.3 is 10.6 Å². The zero-order valence-corrected chi connectivity index (χ0v) is 18.8. The number of rotatable bonds is 5. The summed E-state index contributed by atoms with van der Waals surface area (Å²) in [4.78, 5) is 23.3. The Labute approximate surface area is 186 Å². The standard InChI is InChI=1S/C23H27ClN4OS/c1-15-13-19-20(27-23(24)28-22(19)30-15)25-14-16-9-11-17(12-10-16)21(29)26-18-7-5-3-2-4-6-8-18/h9-13,18H,2-8,14H2,1H3,(H,26,29)(H,25,27,28). The van der Waals surface area contributed by atoms with Gasteiger partial charge in [-0.3, -0.25) is 4.79 Å². The van der Waals surface area contributed by atoms with Gasteiger partial charge in [0.1, 0.15) is 10.6 Å². The minimum absolute atomic E-state index is 0.0260. The largest absolute Gasteiger partial charge is 0.365 e. The van der Waals surface area contributed by atoms with Crippen LogP contribution in [0.1, 0.15) is 65.7 Å². The number of fused-ring (bicyclic) bond motifs is 1. The molecule has 0 aliphatic heterocycles. The number of hydrogen-bond acceptors (Lipinski definition) is 5. The minimum Gasteiger partial charge on any atom is -0.365 e. The number of benzene rings is 1. The van der Waals surface area contributed by atoms with Crippen LogP contribution >= 0.6 is 22.9 Å². The van der Waals surface area contributed by atoms with E-state index in [-0.39, 0.29) is 11.2 Å². The predicted molar refractivity (Wildman–Crippen MR) is 125 cm³/mol. The van der Waals surface area contributed by atoms with Crippen LogP contribution in [-0.2, 0) is 6.54 Å². The summed E-state index contributed by atoms with van der Waals surface area (Å²) in [6.45, 7) is 2.65. The summed E-state index contributed by atoms with van der Waals surface area (Å²) in [6, 6.07) is 10.1. The smallest absolute Gasteiger partial charge is 0.251 e. The summed E-state index contributed by atoms with van der Waals surface area (Å²) in [5.41, 5.74) is 1.79. The van der Waals surface area contributed by atoms with Gasteiger partial charge in [0.15, 0.2) is 0 Å². The quantitative estimate of drug-likeness (QED) is 0.468. The second-order valence-corrected chi connectivity index (χ2v) is 9.56. The molecule has 0 saturated heterocycles. The lowest BCUT2D eigenvalue weighted by atomic mass is 9.96. The number of aryl methyl sites for hydroxylation is 1. The van der Waals surface area contributed by atoms with E-state index >= 15 is 0 Å². The third-order valence-corrected chi connectivity index (χ3v) is 6.72. The van der Waals surface area contributed by atoms with Crippen LogP contribution < -0.4 is 10.6 Å². The number of carbonyl (C=O) groups excluding carboxylic acids is 1. The summed E-state index contributed by atoms with van der Waals surface area (Å²) < 4.78 is 0. The number of halogens is 1. The van der Waals surface area contributed by atoms with E-state index in [0.717, 1.165) is 34.4 Å². The van der Waals surface area contributed by atoms with Gasteiger partial charge in [0.2, 0.25) is 5.28 Å². The number of amides is 1. The van der Waals surface area contributed by atoms with E-state index in [1.807, 2.05) is 31.2 Å². The lowest BCUT2D eigenvalue weighted by molar-refractivity contribution is 0.0930. The molecule has 0 bridgehead atoms. The molecule has 4 rings (SSSR count). The van der Waals surface area contributed by atoms with Crippen LogP contribution in [0.4, 0.5) is 5.82 Å². The fraction of sp³-hybridized carbons (Fsp3) is 0.435. The molecular formula is C23H27ClN4OS. The van der Waals surface area contributed by atoms with Crippen LogP contribution in [0.3, 0.4) is 0 Å². The molecular weight excluding hydrogens is 416 g/mol. The van der Waals surface area contributed by atoms with Gasteiger partial charge in [0.05, 0.1) is 5.39 Å². The number of nitrogens with zero attached hydrogens (tertiary/aromatic N) is 2. The number of aromatic nitrogens is 2.